The van der Waals surface area contributed by atoms with Gasteiger partial charge in [-0.3, -0.25) is 15.0 Å². The standard InChI is InChI=1S/C44H36N4O4S2/c1-30-46-47-43(54-30)53-28-27-33-29-51-41-37(45-44(34-21-11-4-12-22-34,35-23-13-5-14-24-35)36-25-15-6-16-26-36)40(49)48(41)38(33)42(50)52-39(31-17-7-2-8-18-31)32-19-9-3-10-20-32/h2-28,37,39,41,45H,29H2,1H3. The van der Waals surface area contributed by atoms with Gasteiger partial charge in [-0.25, -0.2) is 4.79 Å². The number of benzene rings is 5. The molecule has 0 spiro atoms. The number of fused-ring (bicyclic) bond motifs is 1. The summed E-state index contributed by atoms with van der Waals surface area (Å²) >= 11 is 2.86. The Morgan fingerprint density at radius 1 is 0.815 bits per heavy atom. The Balaban J connectivity index is 1.18. The van der Waals surface area contributed by atoms with E-state index in [1.54, 1.807) is 6.08 Å². The predicted octanol–water partition coefficient (Wildman–Crippen LogP) is 8.19. The molecule has 2 unspecified atom stereocenters. The molecule has 54 heavy (non-hydrogen) atoms. The molecular weight excluding hydrogens is 713 g/mol. The smallest absolute Gasteiger partial charge is 0.356 e. The summed E-state index contributed by atoms with van der Waals surface area (Å²) in [5, 5.41) is 14.8. The quantitative estimate of drug-likeness (QED) is 0.0580. The molecule has 2 aliphatic heterocycles. The van der Waals surface area contributed by atoms with Gasteiger partial charge in [0.15, 0.2) is 16.7 Å². The monoisotopic (exact) mass is 748 g/mol. The highest BCUT2D eigenvalue weighted by Crippen LogP contribution is 2.42. The molecule has 268 valence electrons. The molecule has 10 heteroatoms. The number of carbonyl (C=O) groups excluding carboxylic acids is 2. The maximum Gasteiger partial charge on any atom is 0.356 e. The Morgan fingerprint density at radius 2 is 1.31 bits per heavy atom. The minimum Gasteiger partial charge on any atom is -0.448 e. The highest BCUT2D eigenvalue weighted by atomic mass is 32.2. The summed E-state index contributed by atoms with van der Waals surface area (Å²) in [4.78, 5) is 30.7. The minimum absolute atomic E-state index is 0.0830. The maximum atomic E-state index is 14.6. The van der Waals surface area contributed by atoms with Gasteiger partial charge in [0.25, 0.3) is 5.91 Å². The van der Waals surface area contributed by atoms with Crippen LogP contribution in [0.3, 0.4) is 0 Å². The van der Waals surface area contributed by atoms with Crippen LogP contribution in [0.4, 0.5) is 0 Å². The van der Waals surface area contributed by atoms with Crippen LogP contribution in [0.25, 0.3) is 0 Å². The van der Waals surface area contributed by atoms with E-state index in [1.807, 2.05) is 128 Å². The van der Waals surface area contributed by atoms with Gasteiger partial charge >= 0.3 is 5.97 Å². The first kappa shape index (κ1) is 35.4. The van der Waals surface area contributed by atoms with E-state index in [0.29, 0.717) is 5.57 Å². The summed E-state index contributed by atoms with van der Waals surface area (Å²) in [7, 11) is 0. The van der Waals surface area contributed by atoms with E-state index < -0.39 is 29.9 Å². The molecule has 3 heterocycles. The van der Waals surface area contributed by atoms with Gasteiger partial charge in [0.2, 0.25) is 0 Å². The molecule has 1 N–H and O–H groups in total. The van der Waals surface area contributed by atoms with Gasteiger partial charge in [0, 0.05) is 5.57 Å². The zero-order chi connectivity index (χ0) is 36.9. The number of esters is 1. The largest absolute Gasteiger partial charge is 0.448 e. The van der Waals surface area contributed by atoms with Crippen LogP contribution in [-0.4, -0.2) is 45.9 Å². The van der Waals surface area contributed by atoms with Crippen LogP contribution < -0.4 is 5.32 Å². The first-order valence-corrected chi connectivity index (χ1v) is 19.3. The van der Waals surface area contributed by atoms with E-state index in [0.717, 1.165) is 37.2 Å². The lowest BCUT2D eigenvalue weighted by atomic mass is 9.75. The summed E-state index contributed by atoms with van der Waals surface area (Å²) in [5.41, 5.74) is 4.26. The molecule has 1 amide bonds. The predicted molar refractivity (Wildman–Crippen MR) is 210 cm³/mol. The lowest BCUT2D eigenvalue weighted by Crippen LogP contribution is -2.74. The number of nitrogens with one attached hydrogen (secondary N) is 1. The summed E-state index contributed by atoms with van der Waals surface area (Å²) < 4.78 is 13.6. The van der Waals surface area contributed by atoms with E-state index in [2.05, 4.69) is 51.9 Å². The molecule has 2 aliphatic rings. The summed E-state index contributed by atoms with van der Waals surface area (Å²) in [6.45, 7) is 1.98. The van der Waals surface area contributed by atoms with E-state index >= 15 is 0 Å². The lowest BCUT2D eigenvalue weighted by Gasteiger charge is -2.52. The zero-order valence-electron chi connectivity index (χ0n) is 29.3. The van der Waals surface area contributed by atoms with Crippen LogP contribution in [0, 0.1) is 6.92 Å². The molecule has 2 atom stereocenters. The van der Waals surface area contributed by atoms with Crippen molar-refractivity contribution in [2.24, 2.45) is 0 Å². The number of rotatable bonds is 12. The Kier molecular flexibility index (Phi) is 10.3. The van der Waals surface area contributed by atoms with Crippen molar-refractivity contribution in [2.75, 3.05) is 6.61 Å². The molecule has 1 aromatic heterocycles. The second-order valence-corrected chi connectivity index (χ2v) is 15.2. The van der Waals surface area contributed by atoms with Crippen molar-refractivity contribution in [2.45, 2.75) is 35.2 Å². The molecule has 8 nitrogen and oxygen atoms in total. The third-order valence-electron chi connectivity index (χ3n) is 9.56. The highest BCUT2D eigenvalue weighted by molar-refractivity contribution is 8.03. The molecular formula is C44H36N4O4S2. The van der Waals surface area contributed by atoms with Crippen LogP contribution in [-0.2, 0) is 24.6 Å². The SMILES string of the molecule is Cc1nnc(SC=CC2=C(C(=O)OC(c3ccccc3)c3ccccc3)N3C(=O)C(NC(c4ccccc4)(c4ccccc4)c4ccccc4)C3OC2)s1. The van der Waals surface area contributed by atoms with Gasteiger partial charge in [0.1, 0.15) is 16.7 Å². The van der Waals surface area contributed by atoms with Crippen molar-refractivity contribution >= 4 is 35.0 Å². The average molecular weight is 749 g/mol. The molecule has 0 saturated carbocycles. The van der Waals surface area contributed by atoms with Crippen molar-refractivity contribution in [3.8, 4) is 0 Å². The summed E-state index contributed by atoms with van der Waals surface area (Å²) in [6, 6.07) is 48.7. The van der Waals surface area contributed by atoms with Crippen LogP contribution in [0.5, 0.6) is 0 Å². The Hall–Kier alpha value is -5.65. The van der Waals surface area contributed by atoms with Crippen molar-refractivity contribution in [3.05, 3.63) is 207 Å². The first-order valence-electron chi connectivity index (χ1n) is 17.6. The van der Waals surface area contributed by atoms with Crippen molar-refractivity contribution in [1.29, 1.82) is 0 Å². The molecule has 0 bridgehead atoms. The number of aromatic nitrogens is 2. The number of amides is 1. The third kappa shape index (κ3) is 6.92. The van der Waals surface area contributed by atoms with Crippen molar-refractivity contribution in [1.82, 2.24) is 20.4 Å². The van der Waals surface area contributed by atoms with Crippen molar-refractivity contribution < 1.29 is 19.1 Å². The van der Waals surface area contributed by atoms with E-state index in [-0.39, 0.29) is 18.2 Å². The average Bonchev–Trinajstić information content (AvgIpc) is 3.66. The summed E-state index contributed by atoms with van der Waals surface area (Å²) in [6.07, 6.45) is 0.313. The van der Waals surface area contributed by atoms with E-state index in [4.69, 9.17) is 9.47 Å². The number of hydrogen-bond acceptors (Lipinski definition) is 9. The Morgan fingerprint density at radius 3 is 1.80 bits per heavy atom. The van der Waals surface area contributed by atoms with Gasteiger partial charge in [0.05, 0.1) is 12.1 Å². The second-order valence-electron chi connectivity index (χ2n) is 12.9. The van der Waals surface area contributed by atoms with Crippen LogP contribution in [0.1, 0.15) is 38.9 Å². The molecule has 6 aromatic rings. The van der Waals surface area contributed by atoms with Gasteiger partial charge in [-0.05, 0) is 46.2 Å². The number of β-lactam (4-membered cyclic amide) rings is 1. The fourth-order valence-corrected chi connectivity index (χ4v) is 8.63. The van der Waals surface area contributed by atoms with Crippen molar-refractivity contribution in [3.63, 3.8) is 0 Å². The van der Waals surface area contributed by atoms with Crippen LogP contribution in [0.15, 0.2) is 179 Å². The fourth-order valence-electron chi connectivity index (χ4n) is 7.06. The van der Waals surface area contributed by atoms with Crippen LogP contribution in [0.2, 0.25) is 0 Å². The van der Waals surface area contributed by atoms with Gasteiger partial charge in [-0.1, -0.05) is 175 Å². The van der Waals surface area contributed by atoms with Gasteiger partial charge in [-0.2, -0.15) is 0 Å². The number of carbonyl (C=O) groups is 2. The van der Waals surface area contributed by atoms with E-state index in [9.17, 15) is 9.59 Å². The lowest BCUT2D eigenvalue weighted by molar-refractivity contribution is -0.186. The Bertz CT molecular complexity index is 2150. The molecule has 0 radical (unpaired) electrons. The zero-order valence-corrected chi connectivity index (χ0v) is 31.0. The molecule has 1 fully saturated rings. The minimum atomic E-state index is -0.924. The first-order chi connectivity index (χ1) is 26.5. The Labute approximate surface area is 322 Å². The van der Waals surface area contributed by atoms with Gasteiger partial charge < -0.3 is 9.47 Å². The third-order valence-corrected chi connectivity index (χ3v) is 11.3. The number of hydrogen-bond donors (Lipinski definition) is 1. The number of thioether (sulfide) groups is 1. The topological polar surface area (TPSA) is 93.7 Å². The maximum absolute atomic E-state index is 14.6. The molecule has 5 aromatic carbocycles. The molecule has 8 rings (SSSR count). The number of ether oxygens (including phenoxy) is 2. The summed E-state index contributed by atoms with van der Waals surface area (Å²) in [5.74, 6) is -0.919. The van der Waals surface area contributed by atoms with Gasteiger partial charge in [-0.15, -0.1) is 10.2 Å². The molecule has 1 saturated heterocycles. The number of nitrogens with zero attached hydrogens (tertiary/aromatic N) is 3. The second kappa shape index (κ2) is 15.8. The normalized spacial score (nSPS) is 17.1. The fraction of sp³-hybridized carbons (Fsp3) is 0.136. The van der Waals surface area contributed by atoms with Crippen LogP contribution >= 0.6 is 23.1 Å². The molecule has 0 aliphatic carbocycles. The highest BCUT2D eigenvalue weighted by Gasteiger charge is 2.57. The van der Waals surface area contributed by atoms with E-state index in [1.165, 1.54) is 28.0 Å². The number of aryl methyl sites for hydroxylation is 1.